The zero-order valence-corrected chi connectivity index (χ0v) is 21.8. The molecule has 5 rings (SSSR count). The molecule has 1 unspecified atom stereocenters. The number of amides is 1. The summed E-state index contributed by atoms with van der Waals surface area (Å²) in [5, 5.41) is 0.471. The summed E-state index contributed by atoms with van der Waals surface area (Å²) in [6.45, 7) is 6.34. The molecule has 0 bridgehead atoms. The number of ketones is 1. The lowest BCUT2D eigenvalue weighted by molar-refractivity contribution is -0.121. The lowest BCUT2D eigenvalue weighted by atomic mass is 10.0. The average Bonchev–Trinajstić information content (AvgIpc) is 3.21. The lowest BCUT2D eigenvalue weighted by Gasteiger charge is -2.29. The Morgan fingerprint density at radius 3 is 2.75 bits per heavy atom. The molecule has 0 fully saturated rings. The van der Waals surface area contributed by atoms with Crippen LogP contribution in [-0.2, 0) is 4.79 Å². The summed E-state index contributed by atoms with van der Waals surface area (Å²) in [6, 6.07) is 15.0. The van der Waals surface area contributed by atoms with Gasteiger partial charge in [-0.05, 0) is 44.0 Å². The summed E-state index contributed by atoms with van der Waals surface area (Å²) in [6.07, 6.45) is 0.797. The number of aromatic amines is 1. The zero-order chi connectivity index (χ0) is 25.4. The second-order valence-corrected chi connectivity index (χ2v) is 11.1. The molecular formula is C27H25N3O4S2. The summed E-state index contributed by atoms with van der Waals surface area (Å²) in [5.41, 5.74) is 2.75. The van der Waals surface area contributed by atoms with Gasteiger partial charge in [0.15, 0.2) is 17.5 Å². The maximum absolute atomic E-state index is 13.3. The van der Waals surface area contributed by atoms with Gasteiger partial charge in [0.2, 0.25) is 0 Å². The van der Waals surface area contributed by atoms with Crippen molar-refractivity contribution in [2.45, 2.75) is 37.6 Å². The molecule has 7 nitrogen and oxygen atoms in total. The van der Waals surface area contributed by atoms with Crippen LogP contribution in [0, 0.1) is 6.92 Å². The van der Waals surface area contributed by atoms with Crippen LogP contribution in [0.1, 0.15) is 35.5 Å². The summed E-state index contributed by atoms with van der Waals surface area (Å²) in [5.74, 6) is 0.360. The van der Waals surface area contributed by atoms with Crippen LogP contribution >= 0.6 is 23.1 Å². The molecule has 1 N–H and O–H groups in total. The molecule has 3 heterocycles. The number of carbonyl (C=O) groups excluding carboxylic acids is 2. The molecule has 36 heavy (non-hydrogen) atoms. The number of fused-ring (bicyclic) bond motifs is 2. The predicted molar refractivity (Wildman–Crippen MR) is 145 cm³/mol. The fraction of sp³-hybridized carbons (Fsp3) is 0.259. The number of ether oxygens (including phenoxy) is 1. The minimum Gasteiger partial charge on any atom is -0.482 e. The van der Waals surface area contributed by atoms with E-state index in [1.165, 1.54) is 23.1 Å². The van der Waals surface area contributed by atoms with Crippen LogP contribution in [0.5, 0.6) is 5.75 Å². The molecule has 1 amide bonds. The van der Waals surface area contributed by atoms with Crippen LogP contribution in [0.15, 0.2) is 58.5 Å². The van der Waals surface area contributed by atoms with E-state index in [0.29, 0.717) is 38.9 Å². The fourth-order valence-corrected chi connectivity index (χ4v) is 6.36. The van der Waals surface area contributed by atoms with Gasteiger partial charge in [-0.3, -0.25) is 14.4 Å². The number of H-pyrrole nitrogens is 1. The molecule has 0 radical (unpaired) electrons. The summed E-state index contributed by atoms with van der Waals surface area (Å²) in [7, 11) is 0. The zero-order valence-electron chi connectivity index (χ0n) is 20.2. The van der Waals surface area contributed by atoms with Crippen molar-refractivity contribution in [1.82, 2.24) is 9.97 Å². The monoisotopic (exact) mass is 519 g/mol. The molecule has 0 saturated heterocycles. The van der Waals surface area contributed by atoms with Crippen molar-refractivity contribution >= 4 is 50.7 Å². The van der Waals surface area contributed by atoms with Gasteiger partial charge in [0.05, 0.1) is 16.3 Å². The third-order valence-electron chi connectivity index (χ3n) is 6.07. The smallest absolute Gasteiger partial charge is 0.265 e. The number of rotatable bonds is 7. The first kappa shape index (κ1) is 24.3. The number of nitrogens with one attached hydrogen (secondary N) is 1. The highest BCUT2D eigenvalue weighted by Crippen LogP contribution is 2.37. The van der Waals surface area contributed by atoms with Crippen LogP contribution in [0.4, 0.5) is 5.69 Å². The molecule has 0 spiro atoms. The molecule has 1 aliphatic heterocycles. The van der Waals surface area contributed by atoms with E-state index in [1.807, 2.05) is 44.2 Å². The van der Waals surface area contributed by atoms with Gasteiger partial charge in [0.25, 0.3) is 11.5 Å². The van der Waals surface area contributed by atoms with Crippen molar-refractivity contribution in [1.29, 1.82) is 0 Å². The molecule has 0 aliphatic carbocycles. The van der Waals surface area contributed by atoms with Crippen molar-refractivity contribution in [2.75, 3.05) is 18.1 Å². The third kappa shape index (κ3) is 4.44. The van der Waals surface area contributed by atoms with Crippen LogP contribution in [0.3, 0.4) is 0 Å². The number of hydrogen-bond acceptors (Lipinski definition) is 7. The highest BCUT2D eigenvalue weighted by atomic mass is 32.2. The Morgan fingerprint density at radius 2 is 2.00 bits per heavy atom. The van der Waals surface area contributed by atoms with Gasteiger partial charge in [-0.15, -0.1) is 11.3 Å². The van der Waals surface area contributed by atoms with E-state index in [-0.39, 0.29) is 23.9 Å². The van der Waals surface area contributed by atoms with E-state index >= 15 is 0 Å². The largest absolute Gasteiger partial charge is 0.482 e. The van der Waals surface area contributed by atoms with E-state index in [0.717, 1.165) is 22.4 Å². The molecular weight excluding hydrogens is 494 g/mol. The van der Waals surface area contributed by atoms with Gasteiger partial charge in [-0.25, -0.2) is 4.98 Å². The predicted octanol–water partition coefficient (Wildman–Crippen LogP) is 5.46. The van der Waals surface area contributed by atoms with E-state index < -0.39 is 5.25 Å². The number of nitrogens with zero attached hydrogens (tertiary/aromatic N) is 2. The van der Waals surface area contributed by atoms with E-state index in [1.54, 1.807) is 30.0 Å². The highest BCUT2D eigenvalue weighted by Gasteiger charge is 2.27. The first-order valence-electron chi connectivity index (χ1n) is 11.7. The van der Waals surface area contributed by atoms with Gasteiger partial charge in [0.1, 0.15) is 10.6 Å². The maximum Gasteiger partial charge on any atom is 0.265 e. The molecule has 1 aliphatic rings. The number of benzene rings is 2. The second-order valence-electron chi connectivity index (χ2n) is 8.59. The normalized spacial score (nSPS) is 14.0. The van der Waals surface area contributed by atoms with Gasteiger partial charge in [-0.1, -0.05) is 49.0 Å². The SMILES string of the molecule is CCCN1C(=O)COc2ccc(C(=O)C(C)Sc3nc4sc(C)c(-c5ccccc5)c4c(=O)[nH]3)cc21. The Hall–Kier alpha value is -3.43. The Morgan fingerprint density at radius 1 is 1.22 bits per heavy atom. The number of hydrogen-bond donors (Lipinski definition) is 1. The van der Waals surface area contributed by atoms with Crippen molar-refractivity contribution in [2.24, 2.45) is 0 Å². The Balaban J connectivity index is 1.42. The summed E-state index contributed by atoms with van der Waals surface area (Å²) < 4.78 is 5.54. The van der Waals surface area contributed by atoms with Crippen LogP contribution < -0.4 is 15.2 Å². The Bertz CT molecular complexity index is 1530. The minimum atomic E-state index is -0.502. The van der Waals surface area contributed by atoms with Crippen molar-refractivity contribution < 1.29 is 14.3 Å². The molecule has 2 aromatic heterocycles. The molecule has 0 saturated carbocycles. The molecule has 4 aromatic rings. The van der Waals surface area contributed by atoms with Crippen LogP contribution in [0.2, 0.25) is 0 Å². The number of anilines is 1. The van der Waals surface area contributed by atoms with Gasteiger partial charge >= 0.3 is 0 Å². The number of thioether (sulfide) groups is 1. The Kier molecular flexibility index (Phi) is 6.68. The average molecular weight is 520 g/mol. The number of aromatic nitrogens is 2. The lowest BCUT2D eigenvalue weighted by Crippen LogP contribution is -2.39. The number of Topliss-reactive ketones (excluding diaryl/α,β-unsaturated/α-hetero) is 1. The molecule has 2 aromatic carbocycles. The van der Waals surface area contributed by atoms with E-state index in [9.17, 15) is 14.4 Å². The van der Waals surface area contributed by atoms with Crippen LogP contribution in [-0.4, -0.2) is 40.1 Å². The molecule has 9 heteroatoms. The summed E-state index contributed by atoms with van der Waals surface area (Å²) >= 11 is 2.69. The van der Waals surface area contributed by atoms with Gasteiger partial charge in [0, 0.05) is 22.5 Å². The quantitative estimate of drug-likeness (QED) is 0.198. The fourth-order valence-electron chi connectivity index (χ4n) is 4.39. The second kappa shape index (κ2) is 9.91. The standard InChI is InChI=1S/C27H25N3O4S2/c1-4-12-30-19-13-18(10-11-20(19)34-14-21(30)31)24(32)16(3)36-27-28-25(33)23-22(15(2)35-26(23)29-27)17-8-6-5-7-9-17/h5-11,13,16H,4,12,14H2,1-3H3,(H,28,29,33). The first-order valence-corrected chi connectivity index (χ1v) is 13.4. The molecule has 1 atom stereocenters. The summed E-state index contributed by atoms with van der Waals surface area (Å²) in [4.78, 5) is 49.6. The van der Waals surface area contributed by atoms with Crippen molar-refractivity contribution in [3.63, 3.8) is 0 Å². The van der Waals surface area contributed by atoms with Crippen molar-refractivity contribution in [3.05, 3.63) is 69.3 Å². The Labute approximate surface area is 216 Å². The van der Waals surface area contributed by atoms with Crippen molar-refractivity contribution in [3.8, 4) is 16.9 Å². The molecule has 184 valence electrons. The first-order chi connectivity index (χ1) is 17.4. The van der Waals surface area contributed by atoms with Crippen LogP contribution in [0.25, 0.3) is 21.3 Å². The van der Waals surface area contributed by atoms with E-state index in [2.05, 4.69) is 9.97 Å². The maximum atomic E-state index is 13.3. The minimum absolute atomic E-state index is 0.00222. The van der Waals surface area contributed by atoms with E-state index in [4.69, 9.17) is 4.74 Å². The third-order valence-corrected chi connectivity index (χ3v) is 8.05. The number of thiophene rings is 1. The topological polar surface area (TPSA) is 92.4 Å². The number of carbonyl (C=O) groups is 2. The number of aryl methyl sites for hydroxylation is 1. The van der Waals surface area contributed by atoms with Gasteiger partial charge < -0.3 is 14.6 Å². The van der Waals surface area contributed by atoms with Gasteiger partial charge in [-0.2, -0.15) is 0 Å². The highest BCUT2D eigenvalue weighted by molar-refractivity contribution is 8.00.